The first-order valence-electron chi connectivity index (χ1n) is 8.10. The van der Waals surface area contributed by atoms with Crippen LogP contribution in [0.3, 0.4) is 0 Å². The Kier molecular flexibility index (Phi) is 5.67. The molecule has 0 bridgehead atoms. The summed E-state index contributed by atoms with van der Waals surface area (Å²) in [7, 11) is 0. The second kappa shape index (κ2) is 8.13. The van der Waals surface area contributed by atoms with Crippen LogP contribution in [-0.4, -0.2) is 14.3 Å². The van der Waals surface area contributed by atoms with Gasteiger partial charge in [-0.1, -0.05) is 44.2 Å². The Hall–Kier alpha value is -2.11. The van der Waals surface area contributed by atoms with Crippen LogP contribution in [0.4, 0.5) is 0 Å². The highest BCUT2D eigenvalue weighted by atomic mass is 32.1. The molecule has 0 aliphatic heterocycles. The van der Waals surface area contributed by atoms with Crippen molar-refractivity contribution in [2.24, 2.45) is 5.92 Å². The van der Waals surface area contributed by atoms with Gasteiger partial charge in [-0.05, 0) is 41.6 Å². The molecular weight excluding hydrogens is 318 g/mol. The summed E-state index contributed by atoms with van der Waals surface area (Å²) in [6, 6.07) is 14.4. The first kappa shape index (κ1) is 16.7. The minimum absolute atomic E-state index is 0.401. The van der Waals surface area contributed by atoms with Crippen molar-refractivity contribution in [1.82, 2.24) is 14.3 Å². The lowest BCUT2D eigenvalue weighted by Crippen LogP contribution is -1.97. The van der Waals surface area contributed by atoms with E-state index in [0.29, 0.717) is 19.1 Å². The fourth-order valence-corrected chi connectivity index (χ4v) is 3.09. The van der Waals surface area contributed by atoms with E-state index in [1.165, 1.54) is 17.1 Å². The standard InChI is InChI=1S/C19H21N3OS/c1-14(2)11-15-6-8-16(9-7-15)19-21-18(22-24-19)13-23-12-17-5-3-4-10-20-17/h3-10,14H,11-13H2,1-2H3. The van der Waals surface area contributed by atoms with E-state index >= 15 is 0 Å². The van der Waals surface area contributed by atoms with Gasteiger partial charge in [0.1, 0.15) is 11.6 Å². The Bertz CT molecular complexity index is 754. The molecule has 0 N–H and O–H groups in total. The number of hydrogen-bond donors (Lipinski definition) is 0. The molecule has 4 nitrogen and oxygen atoms in total. The van der Waals surface area contributed by atoms with Crippen LogP contribution in [0.5, 0.6) is 0 Å². The lowest BCUT2D eigenvalue weighted by atomic mass is 10.0. The van der Waals surface area contributed by atoms with Crippen LogP contribution in [0.15, 0.2) is 48.7 Å². The van der Waals surface area contributed by atoms with Crippen LogP contribution in [0, 0.1) is 5.92 Å². The number of rotatable bonds is 7. The molecule has 3 rings (SSSR count). The summed E-state index contributed by atoms with van der Waals surface area (Å²) in [4.78, 5) is 8.79. The monoisotopic (exact) mass is 339 g/mol. The molecule has 3 aromatic rings. The van der Waals surface area contributed by atoms with Crippen LogP contribution >= 0.6 is 11.5 Å². The number of hydrogen-bond acceptors (Lipinski definition) is 5. The lowest BCUT2D eigenvalue weighted by Gasteiger charge is -2.05. The van der Waals surface area contributed by atoms with Gasteiger partial charge in [0, 0.05) is 11.8 Å². The van der Waals surface area contributed by atoms with Gasteiger partial charge in [-0.15, -0.1) is 0 Å². The van der Waals surface area contributed by atoms with Crippen molar-refractivity contribution in [3.8, 4) is 10.6 Å². The van der Waals surface area contributed by atoms with E-state index in [-0.39, 0.29) is 0 Å². The largest absolute Gasteiger partial charge is 0.367 e. The van der Waals surface area contributed by atoms with E-state index in [2.05, 4.69) is 52.5 Å². The maximum Gasteiger partial charge on any atom is 0.168 e. The van der Waals surface area contributed by atoms with Gasteiger partial charge in [-0.3, -0.25) is 4.98 Å². The summed E-state index contributed by atoms with van der Waals surface area (Å²) in [5.41, 5.74) is 3.38. The van der Waals surface area contributed by atoms with E-state index < -0.39 is 0 Å². The summed E-state index contributed by atoms with van der Waals surface area (Å²) >= 11 is 1.41. The summed E-state index contributed by atoms with van der Waals surface area (Å²) in [5, 5.41) is 0.933. The van der Waals surface area contributed by atoms with Crippen LogP contribution in [0.2, 0.25) is 0 Å². The van der Waals surface area contributed by atoms with Gasteiger partial charge < -0.3 is 4.74 Å². The summed E-state index contributed by atoms with van der Waals surface area (Å²) < 4.78 is 10.0. The highest BCUT2D eigenvalue weighted by Gasteiger charge is 2.07. The average Bonchev–Trinajstić information content (AvgIpc) is 3.05. The van der Waals surface area contributed by atoms with E-state index in [1.54, 1.807) is 6.20 Å². The van der Waals surface area contributed by atoms with Crippen LogP contribution in [0.1, 0.15) is 30.9 Å². The molecule has 24 heavy (non-hydrogen) atoms. The van der Waals surface area contributed by atoms with E-state index in [4.69, 9.17) is 4.74 Å². The first-order chi connectivity index (χ1) is 11.7. The van der Waals surface area contributed by atoms with Crippen LogP contribution in [-0.2, 0) is 24.4 Å². The van der Waals surface area contributed by atoms with Gasteiger partial charge in [-0.2, -0.15) is 4.37 Å². The lowest BCUT2D eigenvalue weighted by molar-refractivity contribution is 0.1000. The predicted octanol–water partition coefficient (Wildman–Crippen LogP) is 4.52. The van der Waals surface area contributed by atoms with Crippen molar-refractivity contribution < 1.29 is 4.74 Å². The number of pyridine rings is 1. The zero-order chi connectivity index (χ0) is 16.8. The molecule has 2 heterocycles. The first-order valence-corrected chi connectivity index (χ1v) is 8.87. The molecule has 0 aliphatic carbocycles. The normalized spacial score (nSPS) is 11.1. The maximum absolute atomic E-state index is 5.64. The molecule has 0 saturated heterocycles. The van der Waals surface area contributed by atoms with Crippen molar-refractivity contribution in [3.05, 3.63) is 65.7 Å². The topological polar surface area (TPSA) is 47.9 Å². The second-order valence-electron chi connectivity index (χ2n) is 6.12. The van der Waals surface area contributed by atoms with Crippen molar-refractivity contribution in [2.45, 2.75) is 33.5 Å². The Balaban J connectivity index is 1.57. The van der Waals surface area contributed by atoms with Gasteiger partial charge in [0.15, 0.2) is 5.82 Å². The summed E-state index contributed by atoms with van der Waals surface area (Å²) in [5.74, 6) is 1.39. The number of nitrogens with zero attached hydrogens (tertiary/aromatic N) is 3. The van der Waals surface area contributed by atoms with E-state index in [0.717, 1.165) is 28.5 Å². The summed E-state index contributed by atoms with van der Waals surface area (Å²) in [6.07, 6.45) is 2.86. The molecule has 1 aromatic carbocycles. The minimum atomic E-state index is 0.401. The third-order valence-electron chi connectivity index (χ3n) is 3.52. The SMILES string of the molecule is CC(C)Cc1ccc(-c2nc(COCc3ccccn3)ns2)cc1. The molecule has 124 valence electrons. The quantitative estimate of drug-likeness (QED) is 0.635. The van der Waals surface area contributed by atoms with Crippen LogP contribution in [0.25, 0.3) is 10.6 Å². The van der Waals surface area contributed by atoms with E-state index in [1.807, 2.05) is 18.2 Å². The van der Waals surface area contributed by atoms with Crippen molar-refractivity contribution in [2.75, 3.05) is 0 Å². The van der Waals surface area contributed by atoms with Gasteiger partial charge in [0.2, 0.25) is 0 Å². The predicted molar refractivity (Wildman–Crippen MR) is 96.6 cm³/mol. The number of aromatic nitrogens is 3. The van der Waals surface area contributed by atoms with E-state index in [9.17, 15) is 0 Å². The Labute approximate surface area is 146 Å². The number of benzene rings is 1. The fraction of sp³-hybridized carbons (Fsp3) is 0.316. The third-order valence-corrected chi connectivity index (χ3v) is 4.32. The molecule has 0 unspecified atom stereocenters. The van der Waals surface area contributed by atoms with Gasteiger partial charge in [0.25, 0.3) is 0 Å². The molecule has 0 radical (unpaired) electrons. The van der Waals surface area contributed by atoms with Crippen molar-refractivity contribution in [1.29, 1.82) is 0 Å². The van der Waals surface area contributed by atoms with Gasteiger partial charge >= 0.3 is 0 Å². The highest BCUT2D eigenvalue weighted by molar-refractivity contribution is 7.09. The molecular formula is C19H21N3OS. The van der Waals surface area contributed by atoms with Crippen LogP contribution < -0.4 is 0 Å². The number of ether oxygens (including phenoxy) is 1. The molecule has 5 heteroatoms. The summed E-state index contributed by atoms with van der Waals surface area (Å²) in [6.45, 7) is 5.34. The molecule has 0 aliphatic rings. The molecule has 0 amide bonds. The maximum atomic E-state index is 5.64. The highest BCUT2D eigenvalue weighted by Crippen LogP contribution is 2.23. The molecule has 0 saturated carbocycles. The zero-order valence-corrected chi connectivity index (χ0v) is 14.8. The Morgan fingerprint density at radius 1 is 1.04 bits per heavy atom. The Morgan fingerprint density at radius 2 is 1.88 bits per heavy atom. The fourth-order valence-electron chi connectivity index (χ4n) is 2.42. The smallest absolute Gasteiger partial charge is 0.168 e. The molecule has 0 fully saturated rings. The minimum Gasteiger partial charge on any atom is -0.367 e. The average molecular weight is 339 g/mol. The molecule has 0 spiro atoms. The van der Waals surface area contributed by atoms with Crippen molar-refractivity contribution in [3.63, 3.8) is 0 Å². The van der Waals surface area contributed by atoms with Gasteiger partial charge in [0.05, 0.1) is 12.3 Å². The zero-order valence-electron chi connectivity index (χ0n) is 14.0. The Morgan fingerprint density at radius 3 is 2.58 bits per heavy atom. The van der Waals surface area contributed by atoms with Gasteiger partial charge in [-0.25, -0.2) is 4.98 Å². The van der Waals surface area contributed by atoms with Crippen molar-refractivity contribution >= 4 is 11.5 Å². The third kappa shape index (κ3) is 4.69. The second-order valence-corrected chi connectivity index (χ2v) is 6.88. The molecule has 2 aromatic heterocycles. The molecule has 0 atom stereocenters.